The average Bonchev–Trinajstić information content (AvgIpc) is 1.37. The molecule has 37 heteroatoms. The number of hydrogen-bond donors (Lipinski definition) is 21. The Bertz CT molecular complexity index is 2960. The lowest BCUT2D eigenvalue weighted by molar-refractivity contribution is -0.353. The van der Waals surface area contributed by atoms with Crippen LogP contribution in [0.5, 0.6) is 5.75 Å². The molecule has 2 aromatic rings. The number of carbonyl (C=O) groups excluding carboxylic acids is 6. The molecule has 36 nitrogen and oxygen atoms in total. The number of amides is 4. The zero-order valence-corrected chi connectivity index (χ0v) is 51.0. The number of carbonyl (C=O) groups is 6. The van der Waals surface area contributed by atoms with Crippen LogP contribution >= 0.6 is 0 Å². The number of benzene rings is 2. The van der Waals surface area contributed by atoms with Crippen LogP contribution in [-0.4, -0.2) is 305 Å². The monoisotopic (exact) mass is 1340 g/mol. The lowest BCUT2D eigenvalue weighted by Crippen LogP contribution is -2.70. The van der Waals surface area contributed by atoms with Crippen molar-refractivity contribution < 1.29 is 128 Å². The number of aliphatic hydroxyl groups excluding tert-OH is 13. The van der Waals surface area contributed by atoms with Crippen molar-refractivity contribution >= 4 is 47.8 Å². The lowest BCUT2D eigenvalue weighted by Gasteiger charge is -2.46. The highest BCUT2D eigenvalue weighted by atomic mass is 19.1. The molecule has 0 saturated carbocycles. The van der Waals surface area contributed by atoms with Crippen molar-refractivity contribution in [1.82, 2.24) is 31.5 Å². The van der Waals surface area contributed by atoms with Gasteiger partial charge in [-0.25, -0.2) is 4.39 Å². The predicted molar refractivity (Wildman–Crippen MR) is 315 cm³/mol. The van der Waals surface area contributed by atoms with E-state index >= 15 is 4.39 Å². The Morgan fingerprint density at radius 1 is 0.713 bits per heavy atom. The molecular weight excluding hydrogens is 1260 g/mol. The van der Waals surface area contributed by atoms with E-state index in [1.807, 2.05) is 0 Å². The van der Waals surface area contributed by atoms with Gasteiger partial charge in [-0.1, -0.05) is 57.2 Å². The number of ether oxygens (including phenoxy) is 6. The first kappa shape index (κ1) is 74.4. The second kappa shape index (κ2) is 33.1. The third-order valence-corrected chi connectivity index (χ3v) is 16.6. The second-order valence-corrected chi connectivity index (χ2v) is 23.7. The zero-order chi connectivity index (χ0) is 69.2. The maximum atomic E-state index is 16.4. The molecule has 25 unspecified atom stereocenters. The molecule has 25 atom stereocenters. The van der Waals surface area contributed by atoms with Gasteiger partial charge in [-0.05, 0) is 29.2 Å². The van der Waals surface area contributed by atoms with Gasteiger partial charge in [0.15, 0.2) is 42.1 Å². The Kier molecular flexibility index (Phi) is 26.2. The van der Waals surface area contributed by atoms with Gasteiger partial charge >= 0.3 is 5.97 Å². The van der Waals surface area contributed by atoms with Crippen molar-refractivity contribution in [3.05, 3.63) is 65.5 Å². The third-order valence-electron chi connectivity index (χ3n) is 16.6. The van der Waals surface area contributed by atoms with Gasteiger partial charge in [0, 0.05) is 18.8 Å². The van der Waals surface area contributed by atoms with E-state index in [1.165, 1.54) is 6.07 Å². The Morgan fingerprint density at radius 2 is 1.34 bits per heavy atom. The molecule has 94 heavy (non-hydrogen) atoms. The quantitative estimate of drug-likeness (QED) is 0.0266. The summed E-state index contributed by atoms with van der Waals surface area (Å²) in [6, 6.07) is -1.05. The van der Waals surface area contributed by atoms with E-state index in [2.05, 4.69) is 36.6 Å². The van der Waals surface area contributed by atoms with Gasteiger partial charge in [-0.2, -0.15) is 0 Å². The third kappa shape index (κ3) is 17.3. The molecular formula is C57H84FN11O25. The molecule has 524 valence electrons. The molecule has 0 aliphatic carbocycles. The van der Waals surface area contributed by atoms with Gasteiger partial charge in [-0.15, -0.1) is 0 Å². The Morgan fingerprint density at radius 3 is 1.95 bits per heavy atom. The standard InChI is InChI=1S/C57H84FN11O25/c1-21(2)11-34(75)93-48-41(79)32(19-73)91-55(46(48)84)94-47-33(20-74)92-54(45(83)43(47)81)90-30-10-9-23(12-26(30)58)13-27(65-50(86)35(59)22(3)24-7-5-4-6-8-24)49(85)67-36(38(76)28-14-62-56(60)66-28)52(88)68-37(51(87)64-25(16-70)17-71)39(77)29-15-63-57(61)69(29)53-44(82)42(80)40(78)31(18-72)89-53/h4-10,12,16,21-22,25,27-29,31-33,35-48,53-55,71-74,76-84H,11,13-15,17-20,59H2,1-3H3,(H2,61,63)(H,64,87)(H,65,86)(H,67,85)(H,68,88)(H3,60,62,66). The number of aldehydes is 1. The number of nitrogens with zero attached hydrogens (tertiary/aromatic N) is 3. The maximum Gasteiger partial charge on any atom is 0.306 e. The fraction of sp³-hybridized carbons (Fsp3) is 0.649. The first-order valence-electron chi connectivity index (χ1n) is 30.0. The summed E-state index contributed by atoms with van der Waals surface area (Å²) < 4.78 is 50.0. The van der Waals surface area contributed by atoms with Crippen LogP contribution in [0.15, 0.2) is 58.5 Å². The highest BCUT2D eigenvalue weighted by Gasteiger charge is 2.55. The molecule has 7 rings (SSSR count). The Hall–Kier alpha value is -6.99. The number of guanidine groups is 2. The van der Waals surface area contributed by atoms with E-state index in [0.29, 0.717) is 5.56 Å². The van der Waals surface area contributed by atoms with Crippen molar-refractivity contribution in [2.45, 2.75) is 186 Å². The van der Waals surface area contributed by atoms with E-state index in [1.54, 1.807) is 51.1 Å². The molecule has 0 aromatic heterocycles. The van der Waals surface area contributed by atoms with Crippen molar-refractivity contribution in [2.24, 2.45) is 33.1 Å². The van der Waals surface area contributed by atoms with Crippen molar-refractivity contribution in [2.75, 3.05) is 39.5 Å². The molecule has 0 spiro atoms. The van der Waals surface area contributed by atoms with Crippen LogP contribution in [0.25, 0.3) is 0 Å². The number of aliphatic hydroxyl groups is 13. The summed E-state index contributed by atoms with van der Waals surface area (Å²) in [5.74, 6) is -9.52. The first-order chi connectivity index (χ1) is 44.6. The summed E-state index contributed by atoms with van der Waals surface area (Å²) in [6.45, 7) is 0.383. The number of halogens is 1. The Labute approximate surface area is 535 Å². The number of esters is 1. The Balaban J connectivity index is 1.15. The number of aliphatic imine (C=N–C) groups is 2. The minimum absolute atomic E-state index is 0.106. The predicted octanol–water partition coefficient (Wildman–Crippen LogP) is -11.0. The lowest BCUT2D eigenvalue weighted by atomic mass is 9.93. The molecule has 24 N–H and O–H groups in total. The first-order valence-corrected chi connectivity index (χ1v) is 30.0. The minimum atomic E-state index is -2.31. The smallest absolute Gasteiger partial charge is 0.306 e. The molecule has 3 fully saturated rings. The average molecular weight is 1340 g/mol. The van der Waals surface area contributed by atoms with Gasteiger partial charge in [-0.3, -0.25) is 34.0 Å². The molecule has 0 bridgehead atoms. The molecule has 5 aliphatic rings. The maximum absolute atomic E-state index is 16.4. The molecule has 3 saturated heterocycles. The highest BCUT2D eigenvalue weighted by Crippen LogP contribution is 2.34. The summed E-state index contributed by atoms with van der Waals surface area (Å²) in [5, 5.41) is 153. The van der Waals surface area contributed by atoms with Crippen LogP contribution in [0, 0.1) is 11.7 Å². The van der Waals surface area contributed by atoms with Crippen molar-refractivity contribution in [3.8, 4) is 5.75 Å². The minimum Gasteiger partial charge on any atom is -0.459 e. The molecule has 2 aromatic carbocycles. The van der Waals surface area contributed by atoms with E-state index in [4.69, 9.17) is 45.6 Å². The fourth-order valence-electron chi connectivity index (χ4n) is 11.2. The summed E-state index contributed by atoms with van der Waals surface area (Å²) in [4.78, 5) is 91.6. The topological polar surface area (TPSA) is 587 Å². The van der Waals surface area contributed by atoms with Gasteiger partial charge in [0.25, 0.3) is 0 Å². The summed E-state index contributed by atoms with van der Waals surface area (Å²) in [7, 11) is 0. The van der Waals surface area contributed by atoms with Gasteiger partial charge in [0.1, 0.15) is 110 Å². The van der Waals surface area contributed by atoms with Crippen LogP contribution in [-0.2, 0) is 58.9 Å². The number of hydrogen-bond acceptors (Lipinski definition) is 32. The van der Waals surface area contributed by atoms with Crippen LogP contribution in [0.1, 0.15) is 44.2 Å². The number of nitrogens with two attached hydrogens (primary N) is 3. The van der Waals surface area contributed by atoms with Gasteiger partial charge in [0.2, 0.25) is 29.9 Å². The van der Waals surface area contributed by atoms with Crippen molar-refractivity contribution in [1.29, 1.82) is 0 Å². The molecule has 4 amide bonds. The highest BCUT2D eigenvalue weighted by molar-refractivity contribution is 5.96. The number of rotatable bonds is 29. The van der Waals surface area contributed by atoms with E-state index in [9.17, 15) is 95.2 Å². The normalized spacial score (nSPS) is 32.0. The SMILES string of the molecule is CC(C)CC(=O)OC1C(O)C(CO)OC(OC2C(CO)OC(Oc3ccc(CC(NC(=O)C(N)C(C)c4ccccc4)C(=O)NC(C(=O)NC(C(=O)NC(C=O)CO)C(O)C4CN=C(N)N4C4OC(CO)C(O)C(O)C4O)C(O)C4CN=C(N)N4)cc3F)C(O)C2O)C1O. The fourth-order valence-corrected chi connectivity index (χ4v) is 11.2. The van der Waals surface area contributed by atoms with Gasteiger partial charge < -0.3 is 148 Å². The van der Waals surface area contributed by atoms with Crippen LogP contribution in [0.3, 0.4) is 0 Å². The largest absolute Gasteiger partial charge is 0.459 e. The van der Waals surface area contributed by atoms with Crippen LogP contribution < -0.4 is 48.5 Å². The molecule has 0 radical (unpaired) electrons. The van der Waals surface area contributed by atoms with Crippen LogP contribution in [0.2, 0.25) is 0 Å². The number of nitrogens with one attached hydrogen (secondary N) is 5. The summed E-state index contributed by atoms with van der Waals surface area (Å²) >= 11 is 0. The van der Waals surface area contributed by atoms with E-state index in [-0.39, 0.29) is 36.7 Å². The molecule has 5 heterocycles. The summed E-state index contributed by atoms with van der Waals surface area (Å²) in [5.41, 5.74) is 19.0. The second-order valence-electron chi connectivity index (χ2n) is 23.7. The molecule has 5 aliphatic heterocycles. The summed E-state index contributed by atoms with van der Waals surface area (Å²) in [6.07, 6.45) is -32.8. The van der Waals surface area contributed by atoms with E-state index in [0.717, 1.165) is 17.0 Å². The van der Waals surface area contributed by atoms with E-state index < -0.39 is 239 Å². The van der Waals surface area contributed by atoms with Gasteiger partial charge in [0.05, 0.1) is 57.6 Å². The van der Waals surface area contributed by atoms with Crippen LogP contribution in [0.4, 0.5) is 4.39 Å². The zero-order valence-electron chi connectivity index (χ0n) is 51.0. The van der Waals surface area contributed by atoms with Crippen molar-refractivity contribution in [3.63, 3.8) is 0 Å².